The van der Waals surface area contributed by atoms with E-state index in [2.05, 4.69) is 20.1 Å². The molecule has 0 unspecified atom stereocenters. The average Bonchev–Trinajstić information content (AvgIpc) is 3.25. The lowest BCUT2D eigenvalue weighted by Crippen LogP contribution is -2.37. The summed E-state index contributed by atoms with van der Waals surface area (Å²) < 4.78 is 11.1. The summed E-state index contributed by atoms with van der Waals surface area (Å²) >= 11 is 5.94. The highest BCUT2D eigenvalue weighted by molar-refractivity contribution is 6.30. The van der Waals surface area contributed by atoms with Crippen molar-refractivity contribution in [3.05, 3.63) is 47.6 Å². The molecule has 0 amide bonds. The molecule has 4 rings (SSSR count). The first kappa shape index (κ1) is 19.4. The predicted molar refractivity (Wildman–Crippen MR) is 110 cm³/mol. The van der Waals surface area contributed by atoms with Crippen molar-refractivity contribution in [2.75, 3.05) is 24.6 Å². The molecular formula is C21H21ClN4O3. The van der Waals surface area contributed by atoms with Crippen molar-refractivity contribution in [1.82, 2.24) is 15.2 Å². The second-order valence-electron chi connectivity index (χ2n) is 6.81. The monoisotopic (exact) mass is 412 g/mol. The molecule has 29 heavy (non-hydrogen) atoms. The molecular weight excluding hydrogens is 392 g/mol. The molecule has 0 atom stereocenters. The average molecular weight is 413 g/mol. The van der Waals surface area contributed by atoms with E-state index in [4.69, 9.17) is 20.8 Å². The SMILES string of the molecule is CCOC(=O)C1CCN(c2ncccc2-c2nnc(-c3ccc(Cl)cc3)o2)CC1. The molecule has 0 radical (unpaired) electrons. The Hall–Kier alpha value is -2.93. The van der Waals surface area contributed by atoms with E-state index >= 15 is 0 Å². The zero-order valence-electron chi connectivity index (χ0n) is 16.0. The lowest BCUT2D eigenvalue weighted by molar-refractivity contribution is -0.148. The number of pyridine rings is 1. The number of halogens is 1. The minimum atomic E-state index is -0.113. The van der Waals surface area contributed by atoms with E-state index in [-0.39, 0.29) is 11.9 Å². The third-order valence-corrected chi connectivity index (χ3v) is 5.20. The molecule has 2 aromatic heterocycles. The van der Waals surface area contributed by atoms with Gasteiger partial charge in [-0.15, -0.1) is 10.2 Å². The second kappa shape index (κ2) is 8.61. The number of carbonyl (C=O) groups excluding carboxylic acids is 1. The summed E-state index contributed by atoms with van der Waals surface area (Å²) in [5, 5.41) is 9.03. The largest absolute Gasteiger partial charge is 0.466 e. The van der Waals surface area contributed by atoms with E-state index in [0.29, 0.717) is 36.5 Å². The Morgan fingerprint density at radius 3 is 2.62 bits per heavy atom. The lowest BCUT2D eigenvalue weighted by atomic mass is 9.96. The first-order valence-electron chi connectivity index (χ1n) is 9.62. The Labute approximate surface area is 173 Å². The van der Waals surface area contributed by atoms with Gasteiger partial charge in [-0.3, -0.25) is 4.79 Å². The number of esters is 1. The Morgan fingerprint density at radius 2 is 1.90 bits per heavy atom. The molecule has 150 valence electrons. The van der Waals surface area contributed by atoms with Crippen LogP contribution in [0.25, 0.3) is 22.9 Å². The minimum Gasteiger partial charge on any atom is -0.466 e. The molecule has 0 saturated carbocycles. The fraction of sp³-hybridized carbons (Fsp3) is 0.333. The van der Waals surface area contributed by atoms with E-state index in [9.17, 15) is 4.79 Å². The number of rotatable bonds is 5. The number of benzene rings is 1. The number of piperidine rings is 1. The quantitative estimate of drug-likeness (QED) is 0.580. The summed E-state index contributed by atoms with van der Waals surface area (Å²) in [5.74, 6) is 1.44. The smallest absolute Gasteiger partial charge is 0.309 e. The van der Waals surface area contributed by atoms with Crippen LogP contribution in [0.2, 0.25) is 5.02 Å². The lowest BCUT2D eigenvalue weighted by Gasteiger charge is -2.32. The zero-order valence-corrected chi connectivity index (χ0v) is 16.8. The van der Waals surface area contributed by atoms with Gasteiger partial charge in [0.25, 0.3) is 5.89 Å². The molecule has 8 heteroatoms. The maximum atomic E-state index is 12.0. The highest BCUT2D eigenvalue weighted by Gasteiger charge is 2.28. The Kier molecular flexibility index (Phi) is 5.76. The summed E-state index contributed by atoms with van der Waals surface area (Å²) in [7, 11) is 0. The molecule has 3 aromatic rings. The van der Waals surface area contributed by atoms with Gasteiger partial charge in [-0.05, 0) is 56.2 Å². The summed E-state index contributed by atoms with van der Waals surface area (Å²) in [6.07, 6.45) is 3.20. The normalized spacial score (nSPS) is 14.8. The molecule has 1 aromatic carbocycles. The highest BCUT2D eigenvalue weighted by atomic mass is 35.5. The third-order valence-electron chi connectivity index (χ3n) is 4.95. The summed E-state index contributed by atoms with van der Waals surface area (Å²) in [5.41, 5.74) is 1.57. The maximum Gasteiger partial charge on any atom is 0.309 e. The topological polar surface area (TPSA) is 81.4 Å². The summed E-state index contributed by atoms with van der Waals surface area (Å²) in [6, 6.07) is 11.0. The van der Waals surface area contributed by atoms with Gasteiger partial charge in [-0.1, -0.05) is 11.6 Å². The Balaban J connectivity index is 1.54. The molecule has 0 bridgehead atoms. The van der Waals surface area contributed by atoms with Gasteiger partial charge >= 0.3 is 5.97 Å². The van der Waals surface area contributed by atoms with Crippen molar-refractivity contribution in [2.24, 2.45) is 5.92 Å². The molecule has 0 aliphatic carbocycles. The number of ether oxygens (including phenoxy) is 1. The number of aromatic nitrogens is 3. The number of carbonyl (C=O) groups is 1. The van der Waals surface area contributed by atoms with Crippen LogP contribution >= 0.6 is 11.6 Å². The first-order valence-corrected chi connectivity index (χ1v) is 10.00. The number of hydrogen-bond acceptors (Lipinski definition) is 7. The van der Waals surface area contributed by atoms with Crippen molar-refractivity contribution >= 4 is 23.4 Å². The number of nitrogens with zero attached hydrogens (tertiary/aromatic N) is 4. The van der Waals surface area contributed by atoms with Gasteiger partial charge in [-0.2, -0.15) is 0 Å². The van der Waals surface area contributed by atoms with Crippen LogP contribution in [0.1, 0.15) is 19.8 Å². The molecule has 1 aliphatic rings. The summed E-state index contributed by atoms with van der Waals surface area (Å²) in [4.78, 5) is 18.7. The molecule has 7 nitrogen and oxygen atoms in total. The molecule has 0 spiro atoms. The van der Waals surface area contributed by atoms with E-state index in [1.165, 1.54) is 0 Å². The fourth-order valence-electron chi connectivity index (χ4n) is 3.44. The Morgan fingerprint density at radius 1 is 1.17 bits per heavy atom. The van der Waals surface area contributed by atoms with Crippen LogP contribution in [0.4, 0.5) is 5.82 Å². The molecule has 3 heterocycles. The van der Waals surface area contributed by atoms with Crippen LogP contribution in [0.5, 0.6) is 0 Å². The predicted octanol–water partition coefficient (Wildman–Crippen LogP) is 4.23. The fourth-order valence-corrected chi connectivity index (χ4v) is 3.57. The highest BCUT2D eigenvalue weighted by Crippen LogP contribution is 2.32. The number of hydrogen-bond donors (Lipinski definition) is 0. The van der Waals surface area contributed by atoms with Gasteiger partial charge in [0.1, 0.15) is 5.82 Å². The van der Waals surface area contributed by atoms with Gasteiger partial charge in [0, 0.05) is 29.9 Å². The molecule has 1 fully saturated rings. The van der Waals surface area contributed by atoms with E-state index in [0.717, 1.165) is 29.8 Å². The van der Waals surface area contributed by atoms with Crippen molar-refractivity contribution in [3.63, 3.8) is 0 Å². The van der Waals surface area contributed by atoms with Crippen molar-refractivity contribution < 1.29 is 13.9 Å². The van der Waals surface area contributed by atoms with E-state index < -0.39 is 0 Å². The van der Waals surface area contributed by atoms with Crippen LogP contribution in [0, 0.1) is 5.92 Å². The van der Waals surface area contributed by atoms with Crippen LogP contribution in [-0.4, -0.2) is 40.8 Å². The standard InChI is InChI=1S/C21H21ClN4O3/c1-2-28-21(27)15-9-12-26(13-10-15)18-17(4-3-11-23-18)20-25-24-19(29-20)14-5-7-16(22)8-6-14/h3-8,11,15H,2,9-10,12-13H2,1H3. The minimum absolute atomic E-state index is 0.0572. The summed E-state index contributed by atoms with van der Waals surface area (Å²) in [6.45, 7) is 3.67. The van der Waals surface area contributed by atoms with Crippen molar-refractivity contribution in [2.45, 2.75) is 19.8 Å². The van der Waals surface area contributed by atoms with Gasteiger partial charge in [0.2, 0.25) is 5.89 Å². The zero-order chi connectivity index (χ0) is 20.2. The molecule has 0 N–H and O–H groups in total. The van der Waals surface area contributed by atoms with Crippen molar-refractivity contribution in [3.8, 4) is 22.9 Å². The van der Waals surface area contributed by atoms with Crippen LogP contribution in [0.15, 0.2) is 47.0 Å². The van der Waals surface area contributed by atoms with E-state index in [1.807, 2.05) is 31.2 Å². The van der Waals surface area contributed by atoms with E-state index in [1.54, 1.807) is 18.3 Å². The van der Waals surface area contributed by atoms with Gasteiger partial charge in [-0.25, -0.2) is 4.98 Å². The second-order valence-corrected chi connectivity index (χ2v) is 7.24. The third kappa shape index (κ3) is 4.24. The van der Waals surface area contributed by atoms with Gasteiger partial charge < -0.3 is 14.1 Å². The van der Waals surface area contributed by atoms with Gasteiger partial charge in [0.05, 0.1) is 18.1 Å². The van der Waals surface area contributed by atoms with Crippen molar-refractivity contribution in [1.29, 1.82) is 0 Å². The Bertz CT molecular complexity index is 982. The molecule has 1 saturated heterocycles. The van der Waals surface area contributed by atoms with Crippen LogP contribution in [-0.2, 0) is 9.53 Å². The first-order chi connectivity index (χ1) is 14.2. The number of anilines is 1. The van der Waals surface area contributed by atoms with Crippen LogP contribution < -0.4 is 4.90 Å². The van der Waals surface area contributed by atoms with Crippen LogP contribution in [0.3, 0.4) is 0 Å². The molecule has 1 aliphatic heterocycles. The van der Waals surface area contributed by atoms with Gasteiger partial charge in [0.15, 0.2) is 0 Å². The maximum absolute atomic E-state index is 12.0.